The quantitative estimate of drug-likeness (QED) is 0.734. The number of halogens is 3. The largest absolute Gasteiger partial charge is 0.416 e. The summed E-state index contributed by atoms with van der Waals surface area (Å²) in [5, 5.41) is 0. The van der Waals surface area contributed by atoms with Crippen molar-refractivity contribution in [2.24, 2.45) is 5.73 Å². The highest BCUT2D eigenvalue weighted by Crippen LogP contribution is 2.32. The van der Waals surface area contributed by atoms with Crippen molar-refractivity contribution in [2.75, 3.05) is 0 Å². The summed E-state index contributed by atoms with van der Waals surface area (Å²) < 4.78 is 37.0. The molecule has 13 heavy (non-hydrogen) atoms. The average molecular weight is 190 g/mol. The van der Waals surface area contributed by atoms with Crippen molar-refractivity contribution in [3.05, 3.63) is 29.1 Å². The van der Waals surface area contributed by atoms with Gasteiger partial charge < -0.3 is 5.73 Å². The lowest BCUT2D eigenvalue weighted by Gasteiger charge is -2.12. The van der Waals surface area contributed by atoms with E-state index < -0.39 is 11.7 Å². The number of alkyl halides is 3. The molecule has 0 aliphatic heterocycles. The van der Waals surface area contributed by atoms with Crippen LogP contribution in [-0.2, 0) is 12.7 Å². The molecule has 0 bridgehead atoms. The molecule has 1 heterocycles. The van der Waals surface area contributed by atoms with Gasteiger partial charge in [-0.1, -0.05) is 0 Å². The molecule has 5 heteroatoms. The number of rotatable bonds is 1. The lowest BCUT2D eigenvalue weighted by atomic mass is 10.1. The van der Waals surface area contributed by atoms with Gasteiger partial charge in [-0.2, -0.15) is 13.2 Å². The predicted octanol–water partition coefficient (Wildman–Crippen LogP) is 1.87. The van der Waals surface area contributed by atoms with Crippen LogP contribution in [0.3, 0.4) is 0 Å². The van der Waals surface area contributed by atoms with Crippen molar-refractivity contribution >= 4 is 0 Å². The van der Waals surface area contributed by atoms with Gasteiger partial charge in [-0.15, -0.1) is 0 Å². The average Bonchev–Trinajstić information content (AvgIpc) is 2.02. The fraction of sp³-hybridized carbons (Fsp3) is 0.375. The zero-order chi connectivity index (χ0) is 10.1. The second kappa shape index (κ2) is 3.33. The van der Waals surface area contributed by atoms with Crippen molar-refractivity contribution in [1.29, 1.82) is 0 Å². The lowest BCUT2D eigenvalue weighted by molar-refractivity contribution is -0.138. The fourth-order valence-electron chi connectivity index (χ4n) is 1.12. The molecule has 0 amide bonds. The maximum atomic E-state index is 12.3. The highest BCUT2D eigenvalue weighted by Gasteiger charge is 2.33. The van der Waals surface area contributed by atoms with E-state index >= 15 is 0 Å². The Kier molecular flexibility index (Phi) is 2.56. The SMILES string of the molecule is Cc1nccc(C(F)(F)F)c1CN. The number of hydrogen-bond donors (Lipinski definition) is 1. The number of hydrogen-bond acceptors (Lipinski definition) is 2. The van der Waals surface area contributed by atoms with Crippen LogP contribution < -0.4 is 5.73 Å². The van der Waals surface area contributed by atoms with Crippen molar-refractivity contribution < 1.29 is 13.2 Å². The second-order valence-electron chi connectivity index (χ2n) is 2.62. The molecule has 0 aliphatic carbocycles. The van der Waals surface area contributed by atoms with Crippen LogP contribution in [-0.4, -0.2) is 4.98 Å². The smallest absolute Gasteiger partial charge is 0.326 e. The molecule has 0 unspecified atom stereocenters. The van der Waals surface area contributed by atoms with Crippen LogP contribution >= 0.6 is 0 Å². The van der Waals surface area contributed by atoms with E-state index in [1.54, 1.807) is 0 Å². The lowest BCUT2D eigenvalue weighted by Crippen LogP contribution is -2.14. The van der Waals surface area contributed by atoms with Crippen LogP contribution in [0, 0.1) is 6.92 Å². The standard InChI is InChI=1S/C8H9F3N2/c1-5-6(4-12)7(2-3-13-5)8(9,10)11/h2-3H,4,12H2,1H3. The first-order valence-corrected chi connectivity index (χ1v) is 3.68. The summed E-state index contributed by atoms with van der Waals surface area (Å²) >= 11 is 0. The van der Waals surface area contributed by atoms with Crippen molar-refractivity contribution in [1.82, 2.24) is 4.98 Å². The molecule has 0 atom stereocenters. The topological polar surface area (TPSA) is 38.9 Å². The molecule has 0 radical (unpaired) electrons. The minimum Gasteiger partial charge on any atom is -0.326 e. The van der Waals surface area contributed by atoms with E-state index in [-0.39, 0.29) is 12.1 Å². The third-order valence-corrected chi connectivity index (χ3v) is 1.78. The van der Waals surface area contributed by atoms with E-state index in [2.05, 4.69) is 4.98 Å². The number of pyridine rings is 1. The van der Waals surface area contributed by atoms with E-state index in [1.807, 2.05) is 0 Å². The van der Waals surface area contributed by atoms with E-state index in [0.29, 0.717) is 5.69 Å². The van der Waals surface area contributed by atoms with Gasteiger partial charge in [-0.25, -0.2) is 0 Å². The van der Waals surface area contributed by atoms with Gasteiger partial charge in [0.05, 0.1) is 5.56 Å². The number of aryl methyl sites for hydroxylation is 1. The molecule has 2 nitrogen and oxygen atoms in total. The molecule has 72 valence electrons. The van der Waals surface area contributed by atoms with Gasteiger partial charge in [0, 0.05) is 18.4 Å². The predicted molar refractivity (Wildman–Crippen MR) is 41.9 cm³/mol. The monoisotopic (exact) mass is 190 g/mol. The number of aromatic nitrogens is 1. The Morgan fingerprint density at radius 2 is 2.08 bits per heavy atom. The molecule has 0 spiro atoms. The van der Waals surface area contributed by atoms with Crippen LogP contribution in [0.4, 0.5) is 13.2 Å². The molecule has 0 aromatic carbocycles. The first-order chi connectivity index (χ1) is 5.96. The Morgan fingerprint density at radius 1 is 1.46 bits per heavy atom. The minimum atomic E-state index is -4.34. The van der Waals surface area contributed by atoms with E-state index in [9.17, 15) is 13.2 Å². The fourth-order valence-corrected chi connectivity index (χ4v) is 1.12. The molecule has 1 aromatic heterocycles. The van der Waals surface area contributed by atoms with Gasteiger partial charge in [0.15, 0.2) is 0 Å². The number of nitrogens with zero attached hydrogens (tertiary/aromatic N) is 1. The molecular formula is C8H9F3N2. The van der Waals surface area contributed by atoms with Gasteiger partial charge in [-0.05, 0) is 18.6 Å². The summed E-state index contributed by atoms with van der Waals surface area (Å²) in [5.74, 6) is 0. The van der Waals surface area contributed by atoms with Crippen LogP contribution in [0.25, 0.3) is 0 Å². The summed E-state index contributed by atoms with van der Waals surface area (Å²) in [6.45, 7) is 1.37. The van der Waals surface area contributed by atoms with Crippen molar-refractivity contribution in [2.45, 2.75) is 19.6 Å². The first kappa shape index (κ1) is 9.98. The third-order valence-electron chi connectivity index (χ3n) is 1.78. The van der Waals surface area contributed by atoms with Gasteiger partial charge >= 0.3 is 6.18 Å². The van der Waals surface area contributed by atoms with E-state index in [0.717, 1.165) is 12.3 Å². The first-order valence-electron chi connectivity index (χ1n) is 3.68. The molecule has 0 fully saturated rings. The Morgan fingerprint density at radius 3 is 2.46 bits per heavy atom. The third kappa shape index (κ3) is 1.98. The van der Waals surface area contributed by atoms with Gasteiger partial charge in [0.1, 0.15) is 0 Å². The molecule has 0 saturated carbocycles. The molecule has 1 aromatic rings. The van der Waals surface area contributed by atoms with E-state index in [4.69, 9.17) is 5.73 Å². The zero-order valence-corrected chi connectivity index (χ0v) is 7.02. The summed E-state index contributed by atoms with van der Waals surface area (Å²) in [6.07, 6.45) is -3.21. The van der Waals surface area contributed by atoms with Crippen LogP contribution in [0.5, 0.6) is 0 Å². The van der Waals surface area contributed by atoms with Crippen molar-refractivity contribution in [3.8, 4) is 0 Å². The zero-order valence-electron chi connectivity index (χ0n) is 7.02. The van der Waals surface area contributed by atoms with Crippen molar-refractivity contribution in [3.63, 3.8) is 0 Å². The Balaban J connectivity index is 3.29. The van der Waals surface area contributed by atoms with Gasteiger partial charge in [-0.3, -0.25) is 4.98 Å². The molecule has 0 saturated heterocycles. The summed E-state index contributed by atoms with van der Waals surface area (Å²) in [7, 11) is 0. The van der Waals surface area contributed by atoms with Crippen LogP contribution in [0.15, 0.2) is 12.3 Å². The minimum absolute atomic E-state index is 0.0648. The maximum absolute atomic E-state index is 12.3. The van der Waals surface area contributed by atoms with Gasteiger partial charge in [0.2, 0.25) is 0 Å². The highest BCUT2D eigenvalue weighted by atomic mass is 19.4. The molecule has 0 aliphatic rings. The molecular weight excluding hydrogens is 181 g/mol. The molecule has 2 N–H and O–H groups in total. The maximum Gasteiger partial charge on any atom is 0.416 e. The summed E-state index contributed by atoms with van der Waals surface area (Å²) in [5.41, 5.74) is 4.91. The van der Waals surface area contributed by atoms with Crippen LogP contribution in [0.2, 0.25) is 0 Å². The summed E-state index contributed by atoms with van der Waals surface area (Å²) in [4.78, 5) is 3.74. The molecule has 1 rings (SSSR count). The highest BCUT2D eigenvalue weighted by molar-refractivity contribution is 5.31. The van der Waals surface area contributed by atoms with E-state index in [1.165, 1.54) is 6.92 Å². The van der Waals surface area contributed by atoms with Crippen LogP contribution in [0.1, 0.15) is 16.8 Å². The second-order valence-corrected chi connectivity index (χ2v) is 2.62. The normalized spacial score (nSPS) is 11.8. The Labute approximate surface area is 73.6 Å². The number of nitrogens with two attached hydrogens (primary N) is 1. The summed E-state index contributed by atoms with van der Waals surface area (Å²) in [6, 6.07) is 0.940. The van der Waals surface area contributed by atoms with Gasteiger partial charge in [0.25, 0.3) is 0 Å². The Bertz CT molecular complexity index is 307. The Hall–Kier alpha value is -1.10.